The van der Waals surface area contributed by atoms with E-state index in [2.05, 4.69) is 22.1 Å². The molecule has 0 aliphatic carbocycles. The molecule has 0 amide bonds. The Balaban J connectivity index is 1.93. The molecule has 94 valence electrons. The van der Waals surface area contributed by atoms with Gasteiger partial charge in [-0.1, -0.05) is 6.92 Å². The highest BCUT2D eigenvalue weighted by Gasteiger charge is 2.20. The Bertz CT molecular complexity index is 391. The summed E-state index contributed by atoms with van der Waals surface area (Å²) in [6.45, 7) is 5.24. The minimum atomic E-state index is -1.07. The number of likely N-dealkylation sites (N-methyl/N-ethyl adjacent to an activating group) is 1. The lowest BCUT2D eigenvalue weighted by Gasteiger charge is -2.31. The minimum Gasteiger partial charge on any atom is -0.476 e. The maximum Gasteiger partial charge on any atom is 0.357 e. The first-order valence-electron chi connectivity index (χ1n) is 5.86. The number of likely N-dealkylation sites (tertiary alicyclic amines) is 1. The van der Waals surface area contributed by atoms with Crippen LogP contribution >= 0.6 is 0 Å². The van der Waals surface area contributed by atoms with Crippen molar-refractivity contribution < 1.29 is 14.3 Å². The molecule has 1 aliphatic rings. The number of carboxylic acids is 1. The topological polar surface area (TPSA) is 78.6 Å². The molecule has 1 atom stereocenters. The van der Waals surface area contributed by atoms with Crippen molar-refractivity contribution in [2.75, 3.05) is 25.0 Å². The second-order valence-electron chi connectivity index (χ2n) is 4.22. The average Bonchev–Trinajstić information content (AvgIpc) is 2.78. The zero-order valence-corrected chi connectivity index (χ0v) is 9.85. The lowest BCUT2D eigenvalue weighted by molar-refractivity contribution is 0.0690. The fourth-order valence-electron chi connectivity index (χ4n) is 2.07. The van der Waals surface area contributed by atoms with Crippen molar-refractivity contribution in [1.29, 1.82) is 0 Å². The van der Waals surface area contributed by atoms with Gasteiger partial charge in [-0.05, 0) is 25.9 Å². The molecule has 2 N–H and O–H groups in total. The first-order chi connectivity index (χ1) is 8.19. The zero-order valence-electron chi connectivity index (χ0n) is 9.85. The molecule has 1 aromatic rings. The summed E-state index contributed by atoms with van der Waals surface area (Å²) in [5.74, 6) is -1.07. The third kappa shape index (κ3) is 2.97. The predicted octanol–water partition coefficient (Wildman–Crippen LogP) is 1.27. The number of carboxylic acid groups (broad SMARTS) is 1. The van der Waals surface area contributed by atoms with Crippen LogP contribution in [0.25, 0.3) is 0 Å². The molecule has 1 unspecified atom stereocenters. The first kappa shape index (κ1) is 11.9. The summed E-state index contributed by atoms with van der Waals surface area (Å²) in [7, 11) is 0. The van der Waals surface area contributed by atoms with Crippen LogP contribution in [0.15, 0.2) is 10.7 Å². The molecule has 0 spiro atoms. The molecular weight excluding hydrogens is 222 g/mol. The number of carbonyl (C=O) groups is 1. The third-order valence-electron chi connectivity index (χ3n) is 3.00. The maximum atomic E-state index is 10.6. The SMILES string of the molecule is CCN1CCCC(Nc2nc(C(=O)O)co2)C1. The Labute approximate surface area is 99.6 Å². The first-order valence-corrected chi connectivity index (χ1v) is 5.86. The van der Waals surface area contributed by atoms with Gasteiger partial charge in [0.2, 0.25) is 0 Å². The van der Waals surface area contributed by atoms with Gasteiger partial charge in [-0.3, -0.25) is 0 Å². The number of aromatic nitrogens is 1. The number of hydrogen-bond acceptors (Lipinski definition) is 5. The highest BCUT2D eigenvalue weighted by atomic mass is 16.4. The smallest absolute Gasteiger partial charge is 0.357 e. The number of hydrogen-bond donors (Lipinski definition) is 2. The number of oxazole rings is 1. The Morgan fingerprint density at radius 1 is 1.76 bits per heavy atom. The monoisotopic (exact) mass is 239 g/mol. The van der Waals surface area contributed by atoms with E-state index in [1.54, 1.807) is 0 Å². The summed E-state index contributed by atoms with van der Waals surface area (Å²) < 4.78 is 5.08. The van der Waals surface area contributed by atoms with Crippen molar-refractivity contribution in [3.05, 3.63) is 12.0 Å². The van der Waals surface area contributed by atoms with Gasteiger partial charge >= 0.3 is 5.97 Å². The second kappa shape index (κ2) is 5.18. The zero-order chi connectivity index (χ0) is 12.3. The molecule has 1 saturated heterocycles. The number of rotatable bonds is 4. The molecule has 17 heavy (non-hydrogen) atoms. The van der Waals surface area contributed by atoms with Gasteiger partial charge in [0.25, 0.3) is 6.01 Å². The van der Waals surface area contributed by atoms with E-state index in [9.17, 15) is 4.79 Å². The van der Waals surface area contributed by atoms with Crippen LogP contribution in [-0.2, 0) is 0 Å². The fourth-order valence-corrected chi connectivity index (χ4v) is 2.07. The molecule has 6 nitrogen and oxygen atoms in total. The maximum absolute atomic E-state index is 10.6. The van der Waals surface area contributed by atoms with Gasteiger partial charge in [-0.2, -0.15) is 4.98 Å². The highest BCUT2D eigenvalue weighted by molar-refractivity contribution is 5.85. The number of aromatic carboxylic acids is 1. The Kier molecular flexibility index (Phi) is 3.63. The van der Waals surface area contributed by atoms with Crippen molar-refractivity contribution in [3.8, 4) is 0 Å². The van der Waals surface area contributed by atoms with E-state index in [0.717, 1.165) is 38.7 Å². The van der Waals surface area contributed by atoms with Crippen LogP contribution in [0, 0.1) is 0 Å². The van der Waals surface area contributed by atoms with Crippen LogP contribution in [-0.4, -0.2) is 46.6 Å². The number of nitrogens with one attached hydrogen (secondary N) is 1. The van der Waals surface area contributed by atoms with Crippen LogP contribution in [0.3, 0.4) is 0 Å². The minimum absolute atomic E-state index is 0.0596. The lowest BCUT2D eigenvalue weighted by Crippen LogP contribution is -2.41. The molecule has 0 radical (unpaired) electrons. The third-order valence-corrected chi connectivity index (χ3v) is 3.00. The molecule has 6 heteroatoms. The summed E-state index contributed by atoms with van der Waals surface area (Å²) in [6.07, 6.45) is 3.35. The van der Waals surface area contributed by atoms with Crippen LogP contribution in [0.1, 0.15) is 30.3 Å². The van der Waals surface area contributed by atoms with Gasteiger partial charge in [0, 0.05) is 12.6 Å². The van der Waals surface area contributed by atoms with E-state index < -0.39 is 5.97 Å². The van der Waals surface area contributed by atoms with E-state index in [1.807, 2.05) is 0 Å². The van der Waals surface area contributed by atoms with Crippen molar-refractivity contribution in [2.24, 2.45) is 0 Å². The van der Waals surface area contributed by atoms with Gasteiger partial charge in [0.1, 0.15) is 6.26 Å². The van der Waals surface area contributed by atoms with E-state index in [1.165, 1.54) is 0 Å². The summed E-state index contributed by atoms with van der Waals surface area (Å²) in [5, 5.41) is 11.9. The van der Waals surface area contributed by atoms with Crippen LogP contribution in [0.2, 0.25) is 0 Å². The molecule has 0 saturated carbocycles. The Morgan fingerprint density at radius 3 is 3.24 bits per heavy atom. The van der Waals surface area contributed by atoms with Crippen molar-refractivity contribution >= 4 is 12.0 Å². The Morgan fingerprint density at radius 2 is 2.59 bits per heavy atom. The highest BCUT2D eigenvalue weighted by Crippen LogP contribution is 2.15. The Hall–Kier alpha value is -1.56. The lowest BCUT2D eigenvalue weighted by atomic mass is 10.1. The van der Waals surface area contributed by atoms with Crippen LogP contribution in [0.5, 0.6) is 0 Å². The largest absolute Gasteiger partial charge is 0.476 e. The molecule has 2 heterocycles. The molecule has 0 bridgehead atoms. The summed E-state index contributed by atoms with van der Waals surface area (Å²) >= 11 is 0. The number of anilines is 1. The average molecular weight is 239 g/mol. The van der Waals surface area contributed by atoms with E-state index in [4.69, 9.17) is 9.52 Å². The molecule has 1 aliphatic heterocycles. The molecule has 1 fully saturated rings. The van der Waals surface area contributed by atoms with Crippen molar-refractivity contribution in [2.45, 2.75) is 25.8 Å². The van der Waals surface area contributed by atoms with Gasteiger partial charge in [0.05, 0.1) is 0 Å². The molecular formula is C11H17N3O3. The number of nitrogens with zero attached hydrogens (tertiary/aromatic N) is 2. The summed E-state index contributed by atoms with van der Waals surface area (Å²) in [5.41, 5.74) is -0.0596. The summed E-state index contributed by atoms with van der Waals surface area (Å²) in [6, 6.07) is 0.578. The van der Waals surface area contributed by atoms with Crippen LogP contribution in [0.4, 0.5) is 6.01 Å². The van der Waals surface area contributed by atoms with Gasteiger partial charge in [0.15, 0.2) is 5.69 Å². The summed E-state index contributed by atoms with van der Waals surface area (Å²) in [4.78, 5) is 16.9. The normalized spacial score (nSPS) is 21.4. The van der Waals surface area contributed by atoms with E-state index >= 15 is 0 Å². The van der Waals surface area contributed by atoms with Gasteiger partial charge < -0.3 is 19.7 Å². The van der Waals surface area contributed by atoms with Gasteiger partial charge in [-0.15, -0.1) is 0 Å². The van der Waals surface area contributed by atoms with E-state index in [-0.39, 0.29) is 11.7 Å². The number of piperidine rings is 1. The molecule has 1 aromatic heterocycles. The molecule has 2 rings (SSSR count). The molecule has 0 aromatic carbocycles. The van der Waals surface area contributed by atoms with Gasteiger partial charge in [-0.25, -0.2) is 4.79 Å². The quantitative estimate of drug-likeness (QED) is 0.823. The van der Waals surface area contributed by atoms with Crippen molar-refractivity contribution in [3.63, 3.8) is 0 Å². The standard InChI is InChI=1S/C11H17N3O3/c1-2-14-5-3-4-8(6-14)12-11-13-9(7-17-11)10(15)16/h7-8H,2-6H2,1H3,(H,12,13)(H,15,16). The fraction of sp³-hybridized carbons (Fsp3) is 0.636. The van der Waals surface area contributed by atoms with Crippen LogP contribution < -0.4 is 5.32 Å². The van der Waals surface area contributed by atoms with E-state index in [0.29, 0.717) is 6.01 Å². The predicted molar refractivity (Wildman–Crippen MR) is 62.2 cm³/mol. The van der Waals surface area contributed by atoms with Crippen molar-refractivity contribution in [1.82, 2.24) is 9.88 Å². The second-order valence-corrected chi connectivity index (χ2v) is 4.22.